The summed E-state index contributed by atoms with van der Waals surface area (Å²) in [5.74, 6) is 14.0. The molecule has 5 aromatic carbocycles. The smallest absolute Gasteiger partial charge is 0.174 e. The lowest BCUT2D eigenvalue weighted by atomic mass is 9.80. The first-order chi connectivity index (χ1) is 64.6. The first-order valence-electron chi connectivity index (χ1n) is 53.1. The Bertz CT molecular complexity index is 4690. The van der Waals surface area contributed by atoms with Crippen LogP contribution in [-0.4, -0.2) is 137 Å². The summed E-state index contributed by atoms with van der Waals surface area (Å²) in [6.45, 7) is 26.5. The number of hydrogen-bond donors (Lipinski definition) is 0. The van der Waals surface area contributed by atoms with E-state index in [2.05, 4.69) is 91.9 Å². The van der Waals surface area contributed by atoms with Gasteiger partial charge in [0.25, 0.3) is 0 Å². The minimum atomic E-state index is -2.93. The average Bonchev–Trinajstić information content (AvgIpc) is 0.863. The molecule has 10 rings (SSSR count). The second-order valence-corrected chi connectivity index (χ2v) is 54.3. The molecule has 0 spiro atoms. The van der Waals surface area contributed by atoms with Crippen molar-refractivity contribution in [3.05, 3.63) is 149 Å². The van der Waals surface area contributed by atoms with E-state index in [1.165, 1.54) is 155 Å². The standard InChI is InChI=1S/C24H40O2S.2C23H38O4S.C22H36O2S2.C21H31NO3S/c1-4-21(3)27(25,26)19-24-16-14-22(15-17-24)11-7-5-6-8-12-23-13-9-10-20(2)18-23;1-5-18(2)28(24,25)17-21-12-10-19(11-13-21)8-6-7-9-20-14-15-22(26-3)23(16-20)27-4;1-5-18(4)28(24,25)17-21-12-9-19(10-13-21)8-11-20-14-15-22(26-6-2)23(16-20)27-7-3;1-3-19(2)26(23,24)18-22-14-12-20(13-15-22)9-7-8-16-25-17-21-10-5-4-6-11-21;1-3-17(2)26(23,24)16-20-11-8-18(9-12-20)7-10-19-5-4-6-21(15-19)25-14-13-22/h9-10,13,18,21-22,24H,4-8,11-12,14-17,19H2,1-3H3;2*14-16,18-19,21H,5-13,17H2,1-4H3;4-6,10-11,19-20,22H,3,7-9,12-18H2,1-2H3;4-6,15,17-18,20H,3,7-12,14,16H2,1-2H3. The molecule has 0 saturated heterocycles. The van der Waals surface area contributed by atoms with Crippen LogP contribution in [0.5, 0.6) is 28.7 Å². The Hall–Kier alpha value is -5.31. The largest absolute Gasteiger partial charge is 0.493 e. The third kappa shape index (κ3) is 45.7. The predicted octanol–water partition coefficient (Wildman–Crippen LogP) is 28.0. The number of aryl methyl sites for hydroxylation is 5. The van der Waals surface area contributed by atoms with Crippen molar-refractivity contribution in [2.24, 2.45) is 59.2 Å². The number of hydrogen-bond acceptors (Lipinski definition) is 17. The second kappa shape index (κ2) is 64.3. The molecule has 5 fully saturated rings. The summed E-state index contributed by atoms with van der Waals surface area (Å²) in [5, 5.41) is 7.64. The maximum Gasteiger partial charge on any atom is 0.174 e. The van der Waals surface area contributed by atoms with Crippen LogP contribution in [-0.2, 0) is 80.6 Å². The highest BCUT2D eigenvalue weighted by Gasteiger charge is 2.34. The van der Waals surface area contributed by atoms with Gasteiger partial charge in [-0.15, -0.1) is 0 Å². The van der Waals surface area contributed by atoms with E-state index in [-0.39, 0.29) is 32.9 Å². The highest BCUT2D eigenvalue weighted by Crippen LogP contribution is 2.41. The lowest BCUT2D eigenvalue weighted by Gasteiger charge is -2.29. The van der Waals surface area contributed by atoms with Crippen LogP contribution in [0.4, 0.5) is 0 Å². The summed E-state index contributed by atoms with van der Waals surface area (Å²) in [6, 6.07) is 41.9. The minimum absolute atomic E-state index is 0.0764. The van der Waals surface area contributed by atoms with Gasteiger partial charge < -0.3 is 23.7 Å². The molecule has 22 heteroatoms. The lowest BCUT2D eigenvalue weighted by molar-refractivity contribution is 0.272. The fourth-order valence-electron chi connectivity index (χ4n) is 20.2. The summed E-state index contributed by atoms with van der Waals surface area (Å²) in [6.07, 6.45) is 47.2. The summed E-state index contributed by atoms with van der Waals surface area (Å²) < 4.78 is 151. The molecule has 5 saturated carbocycles. The van der Waals surface area contributed by atoms with Crippen molar-refractivity contribution in [3.8, 4) is 34.8 Å². The number of rotatable bonds is 53. The molecule has 5 aliphatic rings. The number of nitriles is 1. The normalized spacial score (nSPS) is 21.7. The van der Waals surface area contributed by atoms with Gasteiger partial charge >= 0.3 is 0 Å². The maximum atomic E-state index is 12.4. The molecule has 5 atom stereocenters. The van der Waals surface area contributed by atoms with Gasteiger partial charge in [0.2, 0.25) is 0 Å². The Morgan fingerprint density at radius 1 is 0.319 bits per heavy atom. The van der Waals surface area contributed by atoms with E-state index in [4.69, 9.17) is 28.9 Å². The molecule has 0 radical (unpaired) electrons. The van der Waals surface area contributed by atoms with Crippen LogP contribution >= 0.6 is 11.8 Å². The third-order valence-corrected chi connectivity index (χ3v) is 44.1. The Morgan fingerprint density at radius 3 is 1.02 bits per heavy atom. The van der Waals surface area contributed by atoms with Gasteiger partial charge in [0.05, 0.1) is 82.4 Å². The number of benzene rings is 5. The Balaban J connectivity index is 0.000000259. The molecule has 5 aliphatic carbocycles. The number of thioether (sulfide) groups is 1. The van der Waals surface area contributed by atoms with E-state index < -0.39 is 49.2 Å². The van der Waals surface area contributed by atoms with Crippen LogP contribution in [0, 0.1) is 77.4 Å². The molecule has 135 heavy (non-hydrogen) atoms. The highest BCUT2D eigenvalue weighted by molar-refractivity contribution is 7.98. The van der Waals surface area contributed by atoms with Gasteiger partial charge in [-0.1, -0.05) is 235 Å². The SMILES string of the molecule is CCC(C)S(=O)(=O)CC1CCC(CCCCCCc2cccc(C)c2)CC1.CCC(C)S(=O)(=O)CC1CCC(CCCCSCc2ccccc2)CC1.CCC(C)S(=O)(=O)CC1CCC(CCCCc2ccc(OC)c(OC)c2)CC1.CCC(C)S(=O)(=O)CC1CCC(CCc2cccc(OCC#N)c2)CC1.CCOc1ccc(CCC2CCC(CS(=O)(=O)C(C)CC)CC2)cc1OCC. The molecule has 0 bridgehead atoms. The van der Waals surface area contributed by atoms with Crippen molar-refractivity contribution in [1.29, 1.82) is 5.26 Å². The average molecular weight is 1990 g/mol. The van der Waals surface area contributed by atoms with E-state index in [0.29, 0.717) is 96.2 Å². The minimum Gasteiger partial charge on any atom is -0.493 e. The van der Waals surface area contributed by atoms with Crippen LogP contribution < -0.4 is 23.7 Å². The van der Waals surface area contributed by atoms with Gasteiger partial charge in [0.15, 0.2) is 78.8 Å². The molecule has 0 N–H and O–H groups in total. The van der Waals surface area contributed by atoms with Gasteiger partial charge in [0.1, 0.15) is 11.8 Å². The van der Waals surface area contributed by atoms with Crippen molar-refractivity contribution in [3.63, 3.8) is 0 Å². The molecule has 0 amide bonds. The van der Waals surface area contributed by atoms with Crippen molar-refractivity contribution in [1.82, 2.24) is 0 Å². The lowest BCUT2D eigenvalue weighted by Crippen LogP contribution is -2.27. The summed E-state index contributed by atoms with van der Waals surface area (Å²) in [5.41, 5.74) is 8.07. The van der Waals surface area contributed by atoms with Crippen molar-refractivity contribution in [2.75, 3.05) is 68.6 Å². The molecular weight excluding hydrogens is 1800 g/mol. The van der Waals surface area contributed by atoms with Crippen LogP contribution in [0.1, 0.15) is 360 Å². The van der Waals surface area contributed by atoms with Crippen LogP contribution in [0.3, 0.4) is 0 Å². The zero-order chi connectivity index (χ0) is 98.7. The Morgan fingerprint density at radius 2 is 0.637 bits per heavy atom. The first-order valence-corrected chi connectivity index (χ1v) is 62.8. The number of unbranched alkanes of at least 4 members (excludes halogenated alkanes) is 5. The Kier molecular flexibility index (Phi) is 56.4. The topological polar surface area (TPSA) is 241 Å². The summed E-state index contributed by atoms with van der Waals surface area (Å²) in [7, 11) is -11.2. The fourth-order valence-corrected chi connectivity index (χ4v) is 30.4. The molecule has 0 aliphatic heterocycles. The van der Waals surface area contributed by atoms with Gasteiger partial charge in [-0.3, -0.25) is 0 Å². The van der Waals surface area contributed by atoms with E-state index in [9.17, 15) is 42.1 Å². The molecule has 0 aromatic heterocycles. The molecule has 5 aromatic rings. The van der Waals surface area contributed by atoms with E-state index in [0.717, 1.165) is 194 Å². The van der Waals surface area contributed by atoms with Crippen LogP contribution in [0.2, 0.25) is 0 Å². The summed E-state index contributed by atoms with van der Waals surface area (Å²) >= 11 is 2.04. The zero-order valence-electron chi connectivity index (χ0n) is 86.4. The predicted molar refractivity (Wildman–Crippen MR) is 569 cm³/mol. The van der Waals surface area contributed by atoms with Crippen molar-refractivity contribution < 1.29 is 65.8 Å². The molecule has 766 valence electrons. The number of sulfone groups is 5. The van der Waals surface area contributed by atoms with Gasteiger partial charge in [0, 0.05) is 5.75 Å². The van der Waals surface area contributed by atoms with Gasteiger partial charge in [-0.2, -0.15) is 17.0 Å². The number of nitrogens with zero attached hydrogens (tertiary/aromatic N) is 1. The van der Waals surface area contributed by atoms with Crippen molar-refractivity contribution in [2.45, 2.75) is 392 Å². The highest BCUT2D eigenvalue weighted by atomic mass is 32.2. The third-order valence-electron chi connectivity index (χ3n) is 30.6. The fraction of sp³-hybridized carbons (Fsp3) is 0.726. The quantitative estimate of drug-likeness (QED) is 0.0329. The molecule has 5 unspecified atom stereocenters. The molecule has 16 nitrogen and oxygen atoms in total. The van der Waals surface area contributed by atoms with E-state index in [1.54, 1.807) is 14.2 Å². The number of ether oxygens (including phenoxy) is 5. The van der Waals surface area contributed by atoms with Crippen LogP contribution in [0.25, 0.3) is 0 Å². The number of methoxy groups -OCH3 is 2. The first kappa shape index (κ1) is 118. The van der Waals surface area contributed by atoms with Gasteiger partial charge in [-0.05, 0) is 339 Å². The molecular formula is C113H183NO15S6. The second-order valence-electron chi connectivity index (χ2n) is 40.9. The maximum absolute atomic E-state index is 12.4. The zero-order valence-corrected chi connectivity index (χ0v) is 91.3. The van der Waals surface area contributed by atoms with Crippen LogP contribution in [0.15, 0.2) is 115 Å². The van der Waals surface area contributed by atoms with E-state index in [1.807, 2.05) is 131 Å². The van der Waals surface area contributed by atoms with E-state index >= 15 is 0 Å². The molecule has 0 heterocycles. The summed E-state index contributed by atoms with van der Waals surface area (Å²) in [4.78, 5) is 0. The monoisotopic (exact) mass is 1990 g/mol. The van der Waals surface area contributed by atoms with Crippen molar-refractivity contribution >= 4 is 60.9 Å². The Labute approximate surface area is 828 Å². The van der Waals surface area contributed by atoms with Gasteiger partial charge in [-0.25, -0.2) is 42.1 Å².